The Kier molecular flexibility index (Phi) is 7.58. The summed E-state index contributed by atoms with van der Waals surface area (Å²) in [5.74, 6) is -1.36. The van der Waals surface area contributed by atoms with Gasteiger partial charge in [-0.25, -0.2) is 9.69 Å². The van der Waals surface area contributed by atoms with Crippen LogP contribution >= 0.6 is 0 Å². The Balaban J connectivity index is 2.25. The lowest BCUT2D eigenvalue weighted by Gasteiger charge is -2.29. The lowest BCUT2D eigenvalue weighted by atomic mass is 9.90. The minimum atomic E-state index is -0.928. The number of aliphatic hydroxyl groups is 1. The molecule has 27 heavy (non-hydrogen) atoms. The molecule has 2 saturated heterocycles. The van der Waals surface area contributed by atoms with Gasteiger partial charge in [0, 0.05) is 21.3 Å². The minimum Gasteiger partial charge on any atom is -0.438 e. The van der Waals surface area contributed by atoms with Crippen molar-refractivity contribution in [2.24, 2.45) is 11.8 Å². The number of amides is 2. The maximum absolute atomic E-state index is 13.0. The number of carbonyl (C=O) groups excluding carboxylic acids is 2. The van der Waals surface area contributed by atoms with Gasteiger partial charge in [0.25, 0.3) is 0 Å². The first kappa shape index (κ1) is 22.0. The molecule has 0 aromatic rings. The summed E-state index contributed by atoms with van der Waals surface area (Å²) in [4.78, 5) is 26.4. The van der Waals surface area contributed by atoms with E-state index in [2.05, 4.69) is 0 Å². The molecule has 2 fully saturated rings. The van der Waals surface area contributed by atoms with Crippen LogP contribution in [-0.2, 0) is 28.5 Å². The molecule has 0 spiro atoms. The van der Waals surface area contributed by atoms with Gasteiger partial charge >= 0.3 is 6.09 Å². The van der Waals surface area contributed by atoms with E-state index < -0.39 is 54.7 Å². The summed E-state index contributed by atoms with van der Waals surface area (Å²) < 4.78 is 27.4. The van der Waals surface area contributed by atoms with E-state index in [-0.39, 0.29) is 12.5 Å². The predicted molar refractivity (Wildman–Crippen MR) is 93.9 cm³/mol. The van der Waals surface area contributed by atoms with Gasteiger partial charge in [-0.2, -0.15) is 0 Å². The third-order valence-electron chi connectivity index (χ3n) is 5.28. The monoisotopic (exact) mass is 389 g/mol. The van der Waals surface area contributed by atoms with E-state index in [0.717, 1.165) is 4.90 Å². The molecule has 0 saturated carbocycles. The van der Waals surface area contributed by atoms with Crippen molar-refractivity contribution in [2.45, 2.75) is 63.9 Å². The Labute approximate surface area is 159 Å². The third-order valence-corrected chi connectivity index (χ3v) is 5.28. The van der Waals surface area contributed by atoms with Gasteiger partial charge in [0.2, 0.25) is 5.91 Å². The van der Waals surface area contributed by atoms with Crippen molar-refractivity contribution >= 4 is 12.0 Å². The molecule has 9 nitrogen and oxygen atoms in total. The smallest absolute Gasteiger partial charge is 0.419 e. The number of fused-ring (bicyclic) bond motifs is 1. The van der Waals surface area contributed by atoms with E-state index in [0.29, 0.717) is 6.42 Å². The van der Waals surface area contributed by atoms with Gasteiger partial charge in [-0.1, -0.05) is 20.8 Å². The van der Waals surface area contributed by atoms with Crippen molar-refractivity contribution in [3.63, 3.8) is 0 Å². The van der Waals surface area contributed by atoms with Crippen molar-refractivity contribution in [1.29, 1.82) is 0 Å². The van der Waals surface area contributed by atoms with Crippen LogP contribution in [0.5, 0.6) is 0 Å². The van der Waals surface area contributed by atoms with Gasteiger partial charge < -0.3 is 28.8 Å². The van der Waals surface area contributed by atoms with Crippen molar-refractivity contribution < 1.29 is 38.4 Å². The average molecular weight is 389 g/mol. The van der Waals surface area contributed by atoms with Crippen molar-refractivity contribution in [3.8, 4) is 0 Å². The first-order valence-electron chi connectivity index (χ1n) is 9.23. The summed E-state index contributed by atoms with van der Waals surface area (Å²) in [6.45, 7) is 5.69. The highest BCUT2D eigenvalue weighted by Crippen LogP contribution is 2.37. The molecule has 2 rings (SSSR count). The Hall–Kier alpha value is -1.26. The number of nitrogens with zero attached hydrogens (tertiary/aromatic N) is 1. The van der Waals surface area contributed by atoms with Gasteiger partial charge in [0.1, 0.15) is 18.3 Å². The lowest BCUT2D eigenvalue weighted by Crippen LogP contribution is -2.48. The number of hydrogen-bond donors (Lipinski definition) is 1. The molecule has 0 aliphatic carbocycles. The van der Waals surface area contributed by atoms with Gasteiger partial charge in [-0.05, 0) is 12.3 Å². The second kappa shape index (κ2) is 9.29. The van der Waals surface area contributed by atoms with Gasteiger partial charge in [0.05, 0.1) is 18.6 Å². The number of methoxy groups -OCH3 is 3. The van der Waals surface area contributed by atoms with Crippen LogP contribution in [-0.4, -0.2) is 86.7 Å². The maximum atomic E-state index is 13.0. The zero-order chi connectivity index (χ0) is 20.3. The van der Waals surface area contributed by atoms with Crippen molar-refractivity contribution in [1.82, 2.24) is 4.90 Å². The zero-order valence-electron chi connectivity index (χ0n) is 16.8. The topological polar surface area (TPSA) is 104 Å². The highest BCUT2D eigenvalue weighted by Gasteiger charge is 2.60. The summed E-state index contributed by atoms with van der Waals surface area (Å²) in [7, 11) is 4.55. The summed E-state index contributed by atoms with van der Waals surface area (Å²) in [5.41, 5.74) is 0. The van der Waals surface area contributed by atoms with Crippen molar-refractivity contribution in [3.05, 3.63) is 0 Å². The molecule has 0 bridgehead atoms. The highest BCUT2D eigenvalue weighted by molar-refractivity contribution is 5.95. The molecule has 0 aromatic heterocycles. The molecule has 2 heterocycles. The number of rotatable bonds is 9. The molecule has 0 radical (unpaired) electrons. The van der Waals surface area contributed by atoms with Gasteiger partial charge in [-0.3, -0.25) is 4.79 Å². The van der Waals surface area contributed by atoms with Gasteiger partial charge in [0.15, 0.2) is 12.3 Å². The Morgan fingerprint density at radius 2 is 1.96 bits per heavy atom. The van der Waals surface area contributed by atoms with E-state index >= 15 is 0 Å². The predicted octanol–water partition coefficient (Wildman–Crippen LogP) is 0.778. The van der Waals surface area contributed by atoms with Crippen LogP contribution in [0.3, 0.4) is 0 Å². The van der Waals surface area contributed by atoms with E-state index in [4.69, 9.17) is 23.7 Å². The molecule has 2 aliphatic rings. The first-order chi connectivity index (χ1) is 12.8. The maximum Gasteiger partial charge on any atom is 0.419 e. The number of ether oxygens (including phenoxy) is 5. The molecule has 2 amide bonds. The second-order valence-electron chi connectivity index (χ2n) is 7.23. The molecule has 0 aromatic carbocycles. The average Bonchev–Trinajstić information content (AvgIpc) is 3.13. The van der Waals surface area contributed by atoms with Crippen LogP contribution in [0.15, 0.2) is 0 Å². The summed E-state index contributed by atoms with van der Waals surface area (Å²) >= 11 is 0. The van der Waals surface area contributed by atoms with Gasteiger partial charge in [-0.15, -0.1) is 0 Å². The number of carbonyl (C=O) groups is 2. The highest BCUT2D eigenvalue weighted by atomic mass is 16.7. The van der Waals surface area contributed by atoms with Crippen LogP contribution < -0.4 is 0 Å². The Morgan fingerprint density at radius 1 is 1.30 bits per heavy atom. The molecule has 2 aliphatic heterocycles. The fourth-order valence-corrected chi connectivity index (χ4v) is 3.72. The SMILES string of the molecule is CC[C@H](C(=O)N1C(=O)O[C@@H]2[C@@H](OC)[C@@H]([C@@H](COC)OC)O[C@@H]21)[C@H](O)C(C)C. The third kappa shape index (κ3) is 4.12. The minimum absolute atomic E-state index is 0.128. The van der Waals surface area contributed by atoms with E-state index in [1.165, 1.54) is 14.2 Å². The van der Waals surface area contributed by atoms with E-state index in [1.54, 1.807) is 14.0 Å². The zero-order valence-corrected chi connectivity index (χ0v) is 16.8. The van der Waals surface area contributed by atoms with Crippen LogP contribution in [0.2, 0.25) is 0 Å². The summed E-state index contributed by atoms with van der Waals surface area (Å²) in [6, 6.07) is 0. The van der Waals surface area contributed by atoms with Crippen LogP contribution in [0.4, 0.5) is 4.79 Å². The van der Waals surface area contributed by atoms with Crippen LogP contribution in [0.1, 0.15) is 27.2 Å². The first-order valence-corrected chi connectivity index (χ1v) is 9.23. The molecule has 0 unspecified atom stereocenters. The fraction of sp³-hybridized carbons (Fsp3) is 0.889. The van der Waals surface area contributed by atoms with Crippen LogP contribution in [0.25, 0.3) is 0 Å². The van der Waals surface area contributed by atoms with E-state index in [1.807, 2.05) is 13.8 Å². The Morgan fingerprint density at radius 3 is 2.44 bits per heavy atom. The standard InChI is InChI=1S/C18H31NO8/c1-7-10(12(20)9(2)3)16(21)19-17-15(27-18(19)22)14(25-6)13(26-17)11(24-5)8-23-4/h9-15,17,20H,7-8H2,1-6H3/t10-,11+,12+,13+,14-,15+,17-/m0/s1. The molecule has 156 valence electrons. The molecule has 7 atom stereocenters. The summed E-state index contributed by atoms with van der Waals surface area (Å²) in [6.07, 6.45) is -4.59. The number of hydrogen-bond acceptors (Lipinski definition) is 8. The van der Waals surface area contributed by atoms with Crippen LogP contribution in [0, 0.1) is 11.8 Å². The lowest BCUT2D eigenvalue weighted by molar-refractivity contribution is -0.154. The normalized spacial score (nSPS) is 31.0. The quantitative estimate of drug-likeness (QED) is 0.617. The summed E-state index contributed by atoms with van der Waals surface area (Å²) in [5, 5.41) is 10.4. The Bertz CT molecular complexity index is 527. The van der Waals surface area contributed by atoms with Crippen molar-refractivity contribution in [2.75, 3.05) is 27.9 Å². The molecular weight excluding hydrogens is 358 g/mol. The largest absolute Gasteiger partial charge is 0.438 e. The fourth-order valence-electron chi connectivity index (χ4n) is 3.72. The number of aliphatic hydroxyl groups excluding tert-OH is 1. The molecular formula is C18H31NO8. The van der Waals surface area contributed by atoms with E-state index in [9.17, 15) is 14.7 Å². The molecule has 1 N–H and O–H groups in total. The molecule has 9 heteroatoms. The number of imide groups is 1. The second-order valence-corrected chi connectivity index (χ2v) is 7.23.